The summed E-state index contributed by atoms with van der Waals surface area (Å²) in [5.74, 6) is 0.461. The number of aromatic nitrogens is 2. The maximum atomic E-state index is 14.7. The molecule has 1 aliphatic rings. The number of aryl methyl sites for hydroxylation is 1. The molecule has 5 heteroatoms. The fourth-order valence-electron chi connectivity index (χ4n) is 4.35. The van der Waals surface area contributed by atoms with Crippen LogP contribution in [-0.4, -0.2) is 14.7 Å². The van der Waals surface area contributed by atoms with E-state index >= 15 is 0 Å². The van der Waals surface area contributed by atoms with E-state index in [1.807, 2.05) is 72.2 Å². The van der Waals surface area contributed by atoms with Gasteiger partial charge in [0.15, 0.2) is 0 Å². The third kappa shape index (κ3) is 3.51. The lowest BCUT2D eigenvalue weighted by atomic mass is 9.86. The molecule has 0 unspecified atom stereocenters. The Bertz CT molecular complexity index is 1200. The van der Waals surface area contributed by atoms with Crippen molar-refractivity contribution in [3.8, 4) is 5.75 Å². The van der Waals surface area contributed by atoms with Gasteiger partial charge in [0.25, 0.3) is 0 Å². The molecule has 2 atom stereocenters. The van der Waals surface area contributed by atoms with Gasteiger partial charge in [-0.25, -0.2) is 9.37 Å². The van der Waals surface area contributed by atoms with Crippen molar-refractivity contribution >= 4 is 0 Å². The number of ether oxygens (including phenoxy) is 1. The first-order chi connectivity index (χ1) is 15.0. The Morgan fingerprint density at radius 1 is 1.10 bits per heavy atom. The summed E-state index contributed by atoms with van der Waals surface area (Å²) in [5.41, 5.74) is 2.66. The number of hydrogen-bond acceptors (Lipinski definition) is 3. The van der Waals surface area contributed by atoms with E-state index in [0.717, 1.165) is 22.4 Å². The highest BCUT2D eigenvalue weighted by molar-refractivity contribution is 5.41. The number of fused-ring (bicyclic) bond motifs is 1. The number of hydrogen-bond donors (Lipinski definition) is 1. The van der Waals surface area contributed by atoms with Crippen molar-refractivity contribution in [2.24, 2.45) is 0 Å². The van der Waals surface area contributed by atoms with Crippen LogP contribution < -0.4 is 4.74 Å². The standard InChI is InChI=1S/C26H23FN2O2/c1-18-7-12-22(23(27)13-18)24-14-26(30,25-15-28-17-29(24)25)20-8-10-21(11-9-20)31-16-19-5-3-2-4-6-19/h2-13,15,17,24,30H,14,16H2,1H3/t24-,26-/m1/s1. The first-order valence-corrected chi connectivity index (χ1v) is 10.3. The summed E-state index contributed by atoms with van der Waals surface area (Å²) >= 11 is 0. The van der Waals surface area contributed by atoms with Crippen molar-refractivity contribution < 1.29 is 14.2 Å². The Morgan fingerprint density at radius 2 is 1.87 bits per heavy atom. The van der Waals surface area contributed by atoms with E-state index < -0.39 is 5.60 Å². The number of imidazole rings is 1. The van der Waals surface area contributed by atoms with Crippen molar-refractivity contribution in [3.05, 3.63) is 119 Å². The zero-order valence-corrected chi connectivity index (χ0v) is 17.2. The van der Waals surface area contributed by atoms with Crippen LogP contribution in [0.4, 0.5) is 4.39 Å². The van der Waals surface area contributed by atoms with Crippen LogP contribution in [0.5, 0.6) is 5.75 Å². The second-order valence-corrected chi connectivity index (χ2v) is 8.09. The van der Waals surface area contributed by atoms with Crippen molar-refractivity contribution in [1.29, 1.82) is 0 Å². The van der Waals surface area contributed by atoms with E-state index in [0.29, 0.717) is 24.3 Å². The van der Waals surface area contributed by atoms with Crippen LogP contribution in [0.2, 0.25) is 0 Å². The Labute approximate surface area is 180 Å². The van der Waals surface area contributed by atoms with Gasteiger partial charge in [-0.15, -0.1) is 0 Å². The Kier molecular flexibility index (Phi) is 4.83. The summed E-state index contributed by atoms with van der Waals surface area (Å²) in [6, 6.07) is 22.3. The summed E-state index contributed by atoms with van der Waals surface area (Å²) in [4.78, 5) is 4.22. The summed E-state index contributed by atoms with van der Waals surface area (Å²) in [7, 11) is 0. The molecule has 1 aromatic heterocycles. The minimum absolute atomic E-state index is 0.265. The van der Waals surface area contributed by atoms with Crippen LogP contribution >= 0.6 is 0 Å². The number of aliphatic hydroxyl groups is 1. The smallest absolute Gasteiger partial charge is 0.133 e. The molecule has 156 valence electrons. The molecule has 0 saturated heterocycles. The van der Waals surface area contributed by atoms with E-state index in [-0.39, 0.29) is 11.9 Å². The minimum atomic E-state index is -1.25. The fraction of sp³-hybridized carbons (Fsp3) is 0.192. The molecular weight excluding hydrogens is 391 g/mol. The molecule has 31 heavy (non-hydrogen) atoms. The highest BCUT2D eigenvalue weighted by Crippen LogP contribution is 2.47. The largest absolute Gasteiger partial charge is 0.489 e. The molecule has 1 N–H and O–H groups in total. The quantitative estimate of drug-likeness (QED) is 0.492. The molecule has 5 rings (SSSR count). The number of halogens is 1. The van der Waals surface area contributed by atoms with Gasteiger partial charge in [0, 0.05) is 12.0 Å². The van der Waals surface area contributed by atoms with Crippen LogP contribution in [-0.2, 0) is 12.2 Å². The van der Waals surface area contributed by atoms with Crippen LogP contribution in [0.1, 0.15) is 40.4 Å². The molecule has 2 heterocycles. The minimum Gasteiger partial charge on any atom is -0.489 e. The van der Waals surface area contributed by atoms with Crippen molar-refractivity contribution in [1.82, 2.24) is 9.55 Å². The zero-order valence-electron chi connectivity index (χ0n) is 17.2. The average Bonchev–Trinajstić information content (AvgIpc) is 3.37. The highest BCUT2D eigenvalue weighted by Gasteiger charge is 2.45. The van der Waals surface area contributed by atoms with E-state index in [9.17, 15) is 9.50 Å². The van der Waals surface area contributed by atoms with Gasteiger partial charge in [0.1, 0.15) is 23.8 Å². The molecule has 4 nitrogen and oxygen atoms in total. The van der Waals surface area contributed by atoms with Crippen LogP contribution in [0.3, 0.4) is 0 Å². The van der Waals surface area contributed by atoms with Gasteiger partial charge < -0.3 is 14.4 Å². The molecule has 3 aromatic carbocycles. The Morgan fingerprint density at radius 3 is 2.61 bits per heavy atom. The van der Waals surface area contributed by atoms with Crippen LogP contribution in [0.15, 0.2) is 85.3 Å². The summed E-state index contributed by atoms with van der Waals surface area (Å²) in [6.45, 7) is 2.34. The average molecular weight is 414 g/mol. The predicted molar refractivity (Wildman–Crippen MR) is 116 cm³/mol. The molecule has 0 radical (unpaired) electrons. The number of benzene rings is 3. The maximum Gasteiger partial charge on any atom is 0.133 e. The molecule has 1 aliphatic heterocycles. The number of rotatable bonds is 5. The van der Waals surface area contributed by atoms with Crippen LogP contribution in [0, 0.1) is 12.7 Å². The lowest BCUT2D eigenvalue weighted by molar-refractivity contribution is 0.0792. The molecule has 0 saturated carbocycles. The van der Waals surface area contributed by atoms with Gasteiger partial charge in [-0.05, 0) is 41.8 Å². The van der Waals surface area contributed by atoms with Crippen molar-refractivity contribution in [2.75, 3.05) is 0 Å². The number of nitrogens with zero attached hydrogens (tertiary/aromatic N) is 2. The van der Waals surface area contributed by atoms with Gasteiger partial charge in [-0.1, -0.05) is 54.6 Å². The van der Waals surface area contributed by atoms with E-state index in [1.165, 1.54) is 6.07 Å². The Balaban J connectivity index is 1.41. The normalized spacial score (nSPS) is 19.9. The van der Waals surface area contributed by atoms with E-state index in [2.05, 4.69) is 4.98 Å². The van der Waals surface area contributed by atoms with E-state index in [1.54, 1.807) is 18.6 Å². The first-order valence-electron chi connectivity index (χ1n) is 10.3. The van der Waals surface area contributed by atoms with Crippen LogP contribution in [0.25, 0.3) is 0 Å². The zero-order chi connectivity index (χ0) is 21.4. The third-order valence-corrected chi connectivity index (χ3v) is 6.01. The first kappa shape index (κ1) is 19.5. The summed E-state index contributed by atoms with van der Waals surface area (Å²) in [5, 5.41) is 11.7. The molecular formula is C26H23FN2O2. The predicted octanol–water partition coefficient (Wildman–Crippen LogP) is 5.14. The second-order valence-electron chi connectivity index (χ2n) is 8.09. The van der Waals surface area contributed by atoms with Crippen molar-refractivity contribution in [2.45, 2.75) is 31.6 Å². The summed E-state index contributed by atoms with van der Waals surface area (Å²) in [6.07, 6.45) is 3.66. The molecule has 0 spiro atoms. The van der Waals surface area contributed by atoms with Gasteiger partial charge >= 0.3 is 0 Å². The monoisotopic (exact) mass is 414 g/mol. The molecule has 0 amide bonds. The SMILES string of the molecule is Cc1ccc([C@H]2C[C@@](O)(c3ccc(OCc4ccccc4)cc3)c3cncn32)c(F)c1. The fourth-order valence-corrected chi connectivity index (χ4v) is 4.35. The van der Waals surface area contributed by atoms with E-state index in [4.69, 9.17) is 4.74 Å². The third-order valence-electron chi connectivity index (χ3n) is 6.01. The molecule has 4 aromatic rings. The second kappa shape index (κ2) is 7.67. The Hall–Kier alpha value is -3.44. The van der Waals surface area contributed by atoms with Gasteiger partial charge in [0.2, 0.25) is 0 Å². The lowest BCUT2D eigenvalue weighted by Gasteiger charge is -2.23. The molecule has 0 bridgehead atoms. The lowest BCUT2D eigenvalue weighted by Crippen LogP contribution is -2.24. The molecule has 0 fully saturated rings. The van der Waals surface area contributed by atoms with Gasteiger partial charge in [-0.2, -0.15) is 0 Å². The molecule has 0 aliphatic carbocycles. The van der Waals surface area contributed by atoms with Gasteiger partial charge in [0.05, 0.1) is 24.3 Å². The topological polar surface area (TPSA) is 47.3 Å². The summed E-state index contributed by atoms with van der Waals surface area (Å²) < 4.78 is 22.4. The van der Waals surface area contributed by atoms with Crippen molar-refractivity contribution in [3.63, 3.8) is 0 Å². The maximum absolute atomic E-state index is 14.7. The highest BCUT2D eigenvalue weighted by atomic mass is 19.1. The van der Waals surface area contributed by atoms with Gasteiger partial charge in [-0.3, -0.25) is 0 Å².